The first kappa shape index (κ1) is 15.2. The maximum atomic E-state index is 5.93. The monoisotopic (exact) mass is 330 g/mol. The Labute approximate surface area is 146 Å². The fourth-order valence-corrected chi connectivity index (χ4v) is 2.80. The Balaban J connectivity index is 1.59. The van der Waals surface area contributed by atoms with Crippen LogP contribution in [0.15, 0.2) is 90.3 Å². The van der Waals surface area contributed by atoms with E-state index in [1.54, 1.807) is 12.4 Å². The number of pyridine rings is 1. The van der Waals surface area contributed by atoms with Gasteiger partial charge in [0.1, 0.15) is 12.4 Å². The smallest absolute Gasteiger partial charge is 0.162 e. The number of hydrogen-bond donors (Lipinski definition) is 1. The first-order valence-electron chi connectivity index (χ1n) is 8.17. The molecule has 1 N–H and O–H groups in total. The third-order valence-corrected chi connectivity index (χ3v) is 3.98. The molecular weight excluding hydrogens is 312 g/mol. The second kappa shape index (κ2) is 7.05. The van der Waals surface area contributed by atoms with Crippen LogP contribution in [0.1, 0.15) is 5.56 Å². The highest BCUT2D eigenvalue weighted by molar-refractivity contribution is 6.11. The summed E-state index contributed by atoms with van der Waals surface area (Å²) >= 11 is 0. The molecular formula is C20H18N4O. The Hall–Kier alpha value is -3.34. The van der Waals surface area contributed by atoms with Crippen LogP contribution in [-0.4, -0.2) is 23.6 Å². The van der Waals surface area contributed by atoms with Crippen molar-refractivity contribution in [3.8, 4) is 5.75 Å². The Morgan fingerprint density at radius 1 is 0.880 bits per heavy atom. The highest BCUT2D eigenvalue weighted by Crippen LogP contribution is 2.23. The van der Waals surface area contributed by atoms with Crippen molar-refractivity contribution in [2.24, 2.45) is 5.10 Å². The highest BCUT2D eigenvalue weighted by atomic mass is 16.5. The molecule has 0 aliphatic carbocycles. The van der Waals surface area contributed by atoms with E-state index in [9.17, 15) is 0 Å². The van der Waals surface area contributed by atoms with Gasteiger partial charge in [0.05, 0.1) is 0 Å². The van der Waals surface area contributed by atoms with Crippen molar-refractivity contribution in [3.63, 3.8) is 0 Å². The SMILES string of the molecule is c1ccc(OCC2NN=C(c3ccccc3)N2c2ccncc2)cc1. The van der Waals surface area contributed by atoms with Crippen LogP contribution >= 0.6 is 0 Å². The van der Waals surface area contributed by atoms with Crippen LogP contribution in [0, 0.1) is 0 Å². The molecule has 124 valence electrons. The van der Waals surface area contributed by atoms with E-state index in [1.165, 1.54) is 0 Å². The molecule has 0 radical (unpaired) electrons. The standard InChI is InChI=1S/C20H18N4O/c1-3-7-16(8-4-1)20-23-22-19(15-25-18-9-5-2-6-10-18)24(20)17-11-13-21-14-12-17/h1-14,19,22H,15H2. The van der Waals surface area contributed by atoms with Gasteiger partial charge in [0.2, 0.25) is 0 Å². The number of rotatable bonds is 5. The molecule has 1 unspecified atom stereocenters. The molecule has 0 bridgehead atoms. The molecule has 1 aromatic heterocycles. The average molecular weight is 330 g/mol. The van der Waals surface area contributed by atoms with Crippen molar-refractivity contribution in [3.05, 3.63) is 90.8 Å². The normalized spacial score (nSPS) is 16.2. The van der Waals surface area contributed by atoms with Crippen molar-refractivity contribution in [2.45, 2.75) is 6.17 Å². The summed E-state index contributed by atoms with van der Waals surface area (Å²) in [6.45, 7) is 0.464. The Kier molecular flexibility index (Phi) is 4.29. The van der Waals surface area contributed by atoms with E-state index in [1.807, 2.05) is 60.7 Å². The van der Waals surface area contributed by atoms with Crippen LogP contribution < -0.4 is 15.1 Å². The number of benzene rings is 2. The molecule has 5 heteroatoms. The van der Waals surface area contributed by atoms with Crippen LogP contribution in [0.2, 0.25) is 0 Å². The Morgan fingerprint density at radius 3 is 2.28 bits per heavy atom. The van der Waals surface area contributed by atoms with Gasteiger partial charge in [-0.1, -0.05) is 48.5 Å². The van der Waals surface area contributed by atoms with E-state index in [0.717, 1.165) is 22.8 Å². The van der Waals surface area contributed by atoms with Crippen LogP contribution in [-0.2, 0) is 0 Å². The summed E-state index contributed by atoms with van der Waals surface area (Å²) < 4.78 is 5.93. The van der Waals surface area contributed by atoms with E-state index in [4.69, 9.17) is 4.74 Å². The molecule has 0 saturated heterocycles. The molecule has 2 aromatic carbocycles. The minimum absolute atomic E-state index is 0.0992. The van der Waals surface area contributed by atoms with Gasteiger partial charge in [0.25, 0.3) is 0 Å². The topological polar surface area (TPSA) is 49.8 Å². The number of nitrogens with zero attached hydrogens (tertiary/aromatic N) is 3. The van der Waals surface area contributed by atoms with Gasteiger partial charge in [-0.15, -0.1) is 0 Å². The molecule has 4 rings (SSSR count). The number of nitrogens with one attached hydrogen (secondary N) is 1. The molecule has 0 amide bonds. The zero-order valence-electron chi connectivity index (χ0n) is 13.6. The van der Waals surface area contributed by atoms with Crippen molar-refractivity contribution < 1.29 is 4.74 Å². The second-order valence-corrected chi connectivity index (χ2v) is 5.65. The Morgan fingerprint density at radius 2 is 1.56 bits per heavy atom. The first-order chi connectivity index (χ1) is 12.4. The fraction of sp³-hybridized carbons (Fsp3) is 0.100. The van der Waals surface area contributed by atoms with Crippen molar-refractivity contribution >= 4 is 11.5 Å². The van der Waals surface area contributed by atoms with Crippen molar-refractivity contribution in [2.75, 3.05) is 11.5 Å². The van der Waals surface area contributed by atoms with Crippen molar-refractivity contribution in [1.82, 2.24) is 10.4 Å². The number of hydrazone groups is 1. The summed E-state index contributed by atoms with van der Waals surface area (Å²) in [7, 11) is 0. The third-order valence-electron chi connectivity index (χ3n) is 3.98. The lowest BCUT2D eigenvalue weighted by atomic mass is 10.1. The van der Waals surface area contributed by atoms with Crippen LogP contribution in [0.5, 0.6) is 5.75 Å². The average Bonchev–Trinajstić information content (AvgIpc) is 3.12. The third kappa shape index (κ3) is 3.30. The summed E-state index contributed by atoms with van der Waals surface area (Å²) in [6.07, 6.45) is 3.47. The predicted octanol–water partition coefficient (Wildman–Crippen LogP) is 3.26. The van der Waals surface area contributed by atoms with E-state index in [-0.39, 0.29) is 6.17 Å². The van der Waals surface area contributed by atoms with Crippen LogP contribution in [0.25, 0.3) is 0 Å². The molecule has 0 fully saturated rings. The number of amidine groups is 1. The highest BCUT2D eigenvalue weighted by Gasteiger charge is 2.30. The Bertz CT molecular complexity index is 837. The second-order valence-electron chi connectivity index (χ2n) is 5.65. The summed E-state index contributed by atoms with van der Waals surface area (Å²) in [4.78, 5) is 6.25. The van der Waals surface area contributed by atoms with Crippen molar-refractivity contribution in [1.29, 1.82) is 0 Å². The maximum absolute atomic E-state index is 5.93. The summed E-state index contributed by atoms with van der Waals surface area (Å²) in [5.74, 6) is 1.71. The number of hydrogen-bond acceptors (Lipinski definition) is 5. The number of ether oxygens (including phenoxy) is 1. The van der Waals surface area contributed by atoms with Gasteiger partial charge in [0, 0.05) is 23.6 Å². The maximum Gasteiger partial charge on any atom is 0.162 e. The molecule has 3 aromatic rings. The zero-order chi connectivity index (χ0) is 16.9. The molecule has 5 nitrogen and oxygen atoms in total. The minimum atomic E-state index is -0.0992. The summed E-state index contributed by atoms with van der Waals surface area (Å²) in [5.41, 5.74) is 5.26. The van der Waals surface area contributed by atoms with Gasteiger partial charge in [0.15, 0.2) is 12.0 Å². The van der Waals surface area contributed by atoms with Crippen LogP contribution in [0.4, 0.5) is 5.69 Å². The lowest BCUT2D eigenvalue weighted by molar-refractivity contribution is 0.276. The van der Waals surface area contributed by atoms with Gasteiger partial charge in [-0.3, -0.25) is 15.3 Å². The number of para-hydroxylation sites is 1. The summed E-state index contributed by atoms with van der Waals surface area (Å²) in [6, 6.07) is 23.9. The van der Waals surface area contributed by atoms with E-state index in [2.05, 4.69) is 32.5 Å². The lowest BCUT2D eigenvalue weighted by Crippen LogP contribution is -2.44. The fourth-order valence-electron chi connectivity index (χ4n) is 2.80. The lowest BCUT2D eigenvalue weighted by Gasteiger charge is -2.27. The molecule has 2 heterocycles. The predicted molar refractivity (Wildman–Crippen MR) is 98.6 cm³/mol. The quantitative estimate of drug-likeness (QED) is 0.780. The van der Waals surface area contributed by atoms with Gasteiger partial charge >= 0.3 is 0 Å². The van der Waals surface area contributed by atoms with E-state index >= 15 is 0 Å². The molecule has 1 atom stereocenters. The number of aromatic nitrogens is 1. The molecule has 1 aliphatic heterocycles. The van der Waals surface area contributed by atoms with E-state index in [0.29, 0.717) is 6.61 Å². The molecule has 0 spiro atoms. The number of anilines is 1. The first-order valence-corrected chi connectivity index (χ1v) is 8.17. The summed E-state index contributed by atoms with van der Waals surface area (Å²) in [5, 5.41) is 4.55. The largest absolute Gasteiger partial charge is 0.489 e. The molecule has 25 heavy (non-hydrogen) atoms. The molecule has 1 aliphatic rings. The minimum Gasteiger partial charge on any atom is -0.489 e. The van der Waals surface area contributed by atoms with Gasteiger partial charge in [-0.25, -0.2) is 0 Å². The van der Waals surface area contributed by atoms with Crippen LogP contribution in [0.3, 0.4) is 0 Å². The zero-order valence-corrected chi connectivity index (χ0v) is 13.6. The molecule has 0 saturated carbocycles. The van der Waals surface area contributed by atoms with Gasteiger partial charge < -0.3 is 4.74 Å². The van der Waals surface area contributed by atoms with Gasteiger partial charge in [-0.05, 0) is 24.3 Å². The van der Waals surface area contributed by atoms with Gasteiger partial charge in [-0.2, -0.15) is 5.10 Å². The van der Waals surface area contributed by atoms with E-state index < -0.39 is 0 Å².